The van der Waals surface area contributed by atoms with Crippen LogP contribution in [0.4, 0.5) is 13.2 Å². The SMILES string of the molecule is CC(OC1=C(Cl)C(C(=N)N)=NCC1Cl)C(F)(F)F. The number of hydrogen-bond donors (Lipinski definition) is 2. The Morgan fingerprint density at radius 1 is 1.61 bits per heavy atom. The van der Waals surface area contributed by atoms with Crippen LogP contribution in [0.2, 0.25) is 0 Å². The molecule has 4 nitrogen and oxygen atoms in total. The average Bonchev–Trinajstić information content (AvgIpc) is 2.21. The van der Waals surface area contributed by atoms with E-state index in [2.05, 4.69) is 4.99 Å². The molecule has 2 unspecified atom stereocenters. The molecule has 18 heavy (non-hydrogen) atoms. The van der Waals surface area contributed by atoms with Crippen molar-refractivity contribution in [1.82, 2.24) is 0 Å². The Kier molecular flexibility index (Phi) is 4.50. The van der Waals surface area contributed by atoms with E-state index in [4.69, 9.17) is 39.1 Å². The van der Waals surface area contributed by atoms with Gasteiger partial charge in [-0.25, -0.2) is 0 Å². The Labute approximate surface area is 111 Å². The van der Waals surface area contributed by atoms with Crippen molar-refractivity contribution in [2.75, 3.05) is 6.54 Å². The number of dihydropyridines is 1. The summed E-state index contributed by atoms with van der Waals surface area (Å²) in [7, 11) is 0. The average molecular weight is 304 g/mol. The van der Waals surface area contributed by atoms with Crippen molar-refractivity contribution in [2.45, 2.75) is 24.6 Å². The predicted octanol–water partition coefficient (Wildman–Crippen LogP) is 2.40. The molecule has 1 rings (SSSR count). The third-order valence-corrected chi connectivity index (χ3v) is 2.84. The molecule has 0 aliphatic carbocycles. The van der Waals surface area contributed by atoms with Gasteiger partial charge in [-0.1, -0.05) is 11.6 Å². The molecular weight excluding hydrogens is 294 g/mol. The van der Waals surface area contributed by atoms with Crippen LogP contribution in [0.1, 0.15) is 6.92 Å². The summed E-state index contributed by atoms with van der Waals surface area (Å²) >= 11 is 11.6. The van der Waals surface area contributed by atoms with Gasteiger partial charge in [0.05, 0.1) is 6.54 Å². The third kappa shape index (κ3) is 3.29. The zero-order valence-corrected chi connectivity index (χ0v) is 10.7. The largest absolute Gasteiger partial charge is 0.482 e. The predicted molar refractivity (Wildman–Crippen MR) is 63.3 cm³/mol. The van der Waals surface area contributed by atoms with Crippen molar-refractivity contribution in [3.8, 4) is 0 Å². The molecule has 3 N–H and O–H groups in total. The van der Waals surface area contributed by atoms with Crippen molar-refractivity contribution >= 4 is 34.7 Å². The highest BCUT2D eigenvalue weighted by Crippen LogP contribution is 2.31. The number of nitrogens with two attached hydrogens (primary N) is 1. The molecule has 0 saturated carbocycles. The van der Waals surface area contributed by atoms with Gasteiger partial charge >= 0.3 is 6.18 Å². The van der Waals surface area contributed by atoms with Crippen LogP contribution in [0.25, 0.3) is 0 Å². The van der Waals surface area contributed by atoms with Crippen LogP contribution in [0.3, 0.4) is 0 Å². The summed E-state index contributed by atoms with van der Waals surface area (Å²) in [5.41, 5.74) is 5.08. The second-order valence-corrected chi connectivity index (χ2v) is 4.46. The second-order valence-electron chi connectivity index (χ2n) is 3.55. The fraction of sp³-hybridized carbons (Fsp3) is 0.556. The summed E-state index contributed by atoms with van der Waals surface area (Å²) in [5.74, 6) is -0.715. The maximum atomic E-state index is 12.4. The van der Waals surface area contributed by atoms with Crippen LogP contribution in [-0.2, 0) is 4.74 Å². The summed E-state index contributed by atoms with van der Waals surface area (Å²) in [4.78, 5) is 3.79. The van der Waals surface area contributed by atoms with Crippen LogP contribution in [0.5, 0.6) is 0 Å². The third-order valence-electron chi connectivity index (χ3n) is 2.14. The van der Waals surface area contributed by atoms with Crippen LogP contribution in [0, 0.1) is 5.41 Å². The fourth-order valence-corrected chi connectivity index (χ4v) is 1.79. The normalized spacial score (nSPS) is 22.6. The number of aliphatic imine (C=N–C) groups is 1. The molecule has 1 heterocycles. The van der Waals surface area contributed by atoms with E-state index in [1.165, 1.54) is 0 Å². The van der Waals surface area contributed by atoms with Crippen molar-refractivity contribution in [1.29, 1.82) is 5.41 Å². The van der Waals surface area contributed by atoms with E-state index in [1.807, 2.05) is 0 Å². The van der Waals surface area contributed by atoms with E-state index in [-0.39, 0.29) is 23.0 Å². The Morgan fingerprint density at radius 3 is 2.61 bits per heavy atom. The minimum atomic E-state index is -4.54. The summed E-state index contributed by atoms with van der Waals surface area (Å²) in [6, 6.07) is 0. The summed E-state index contributed by atoms with van der Waals surface area (Å²) in [5, 5.41) is 6.02. The molecule has 0 spiro atoms. The van der Waals surface area contributed by atoms with Gasteiger partial charge in [0.15, 0.2) is 6.10 Å². The Balaban J connectivity index is 3.00. The highest BCUT2D eigenvalue weighted by Gasteiger charge is 2.40. The Hall–Kier alpha value is -0.950. The maximum absolute atomic E-state index is 12.4. The van der Waals surface area contributed by atoms with Gasteiger partial charge in [0, 0.05) is 0 Å². The summed E-state index contributed by atoms with van der Waals surface area (Å²) in [6.07, 6.45) is -6.60. The number of alkyl halides is 4. The van der Waals surface area contributed by atoms with Gasteiger partial charge in [-0.2, -0.15) is 13.2 Å². The lowest BCUT2D eigenvalue weighted by Gasteiger charge is -2.25. The molecule has 102 valence electrons. The molecular formula is C9H10Cl2F3N3O. The number of nitrogens with zero attached hydrogens (tertiary/aromatic N) is 1. The highest BCUT2D eigenvalue weighted by molar-refractivity contribution is 6.60. The smallest absolute Gasteiger partial charge is 0.425 e. The van der Waals surface area contributed by atoms with Crippen molar-refractivity contribution in [3.05, 3.63) is 10.8 Å². The topological polar surface area (TPSA) is 71.5 Å². The van der Waals surface area contributed by atoms with Crippen molar-refractivity contribution in [3.63, 3.8) is 0 Å². The molecule has 1 aliphatic heterocycles. The summed E-state index contributed by atoms with van der Waals surface area (Å²) in [6.45, 7) is 0.784. The van der Waals surface area contributed by atoms with Gasteiger partial charge in [0.25, 0.3) is 0 Å². The minimum absolute atomic E-state index is 0.0490. The molecule has 0 radical (unpaired) electrons. The van der Waals surface area contributed by atoms with Crippen molar-refractivity contribution < 1.29 is 17.9 Å². The maximum Gasteiger partial charge on any atom is 0.425 e. The zero-order valence-electron chi connectivity index (χ0n) is 9.18. The first-order valence-corrected chi connectivity index (χ1v) is 5.62. The van der Waals surface area contributed by atoms with E-state index >= 15 is 0 Å². The van der Waals surface area contributed by atoms with Gasteiger partial charge in [0.2, 0.25) is 0 Å². The highest BCUT2D eigenvalue weighted by atomic mass is 35.5. The lowest BCUT2D eigenvalue weighted by molar-refractivity contribution is -0.203. The van der Waals surface area contributed by atoms with E-state index in [1.54, 1.807) is 0 Å². The van der Waals surface area contributed by atoms with E-state index < -0.39 is 23.5 Å². The molecule has 0 aromatic rings. The van der Waals surface area contributed by atoms with Gasteiger partial charge in [-0.3, -0.25) is 10.4 Å². The van der Waals surface area contributed by atoms with Crippen LogP contribution < -0.4 is 5.73 Å². The fourth-order valence-electron chi connectivity index (χ4n) is 1.16. The lowest BCUT2D eigenvalue weighted by Crippen LogP contribution is -2.34. The monoisotopic (exact) mass is 303 g/mol. The molecule has 0 amide bonds. The molecule has 0 fully saturated rings. The molecule has 2 atom stereocenters. The number of rotatable bonds is 3. The number of amidine groups is 1. The van der Waals surface area contributed by atoms with E-state index in [0.717, 1.165) is 6.92 Å². The standard InChI is InChI=1S/C9H10Cl2F3N3O/c1-3(9(12,13)14)18-7-4(10)2-17-6(5(7)11)8(15)16/h3-4H,2H2,1H3,(H3,15,16). The number of hydrogen-bond acceptors (Lipinski definition) is 3. The van der Waals surface area contributed by atoms with E-state index in [9.17, 15) is 13.2 Å². The molecule has 0 bridgehead atoms. The minimum Gasteiger partial charge on any atom is -0.482 e. The number of halogens is 5. The Morgan fingerprint density at radius 2 is 2.17 bits per heavy atom. The van der Waals surface area contributed by atoms with Gasteiger partial charge in [-0.15, -0.1) is 11.6 Å². The molecule has 0 aromatic carbocycles. The number of nitrogens with one attached hydrogen (secondary N) is 1. The van der Waals surface area contributed by atoms with Gasteiger partial charge < -0.3 is 10.5 Å². The first-order valence-electron chi connectivity index (χ1n) is 4.81. The van der Waals surface area contributed by atoms with Crippen LogP contribution >= 0.6 is 23.2 Å². The first kappa shape index (κ1) is 15.1. The van der Waals surface area contributed by atoms with E-state index in [0.29, 0.717) is 0 Å². The quantitative estimate of drug-likeness (QED) is 0.477. The molecule has 1 aliphatic rings. The zero-order chi connectivity index (χ0) is 14.1. The van der Waals surface area contributed by atoms with Gasteiger partial charge in [0.1, 0.15) is 27.7 Å². The molecule has 0 aromatic heterocycles. The lowest BCUT2D eigenvalue weighted by atomic mass is 10.2. The molecule has 0 saturated heterocycles. The first-order chi connectivity index (χ1) is 8.14. The molecule has 9 heteroatoms. The van der Waals surface area contributed by atoms with Gasteiger partial charge in [-0.05, 0) is 6.92 Å². The second kappa shape index (κ2) is 5.36. The number of ether oxygens (including phenoxy) is 1. The summed E-state index contributed by atoms with van der Waals surface area (Å²) < 4.78 is 41.9. The Bertz CT molecular complexity index is 420. The van der Waals surface area contributed by atoms with Crippen molar-refractivity contribution in [2.24, 2.45) is 10.7 Å². The van der Waals surface area contributed by atoms with Crippen LogP contribution in [0.15, 0.2) is 15.8 Å². The van der Waals surface area contributed by atoms with Crippen LogP contribution in [-0.4, -0.2) is 35.7 Å².